The van der Waals surface area contributed by atoms with Gasteiger partial charge in [0.25, 0.3) is 0 Å². The fraction of sp³-hybridized carbons (Fsp3) is 0.500. The smallest absolute Gasteiger partial charge is 0.409 e. The summed E-state index contributed by atoms with van der Waals surface area (Å²) >= 11 is 0. The van der Waals surface area contributed by atoms with Gasteiger partial charge in [0.15, 0.2) is 0 Å². The Labute approximate surface area is 159 Å². The molecule has 0 N–H and O–H groups in total. The second kappa shape index (κ2) is 8.43. The Balaban J connectivity index is 1.64. The third-order valence-electron chi connectivity index (χ3n) is 4.81. The van der Waals surface area contributed by atoms with Gasteiger partial charge < -0.3 is 18.8 Å². The van der Waals surface area contributed by atoms with Gasteiger partial charge in [0, 0.05) is 38.3 Å². The first-order valence-electron chi connectivity index (χ1n) is 9.27. The standard InChI is InChI=1S/C20H27N3O4/c1-5-26-20(24)23-10-8-22(9-11-23)13-17-15(3)27-19(21-17)16-6-7-18(25-4)14(2)12-16/h6-7,12H,5,8-11,13H2,1-4H3. The molecule has 0 radical (unpaired) electrons. The molecule has 27 heavy (non-hydrogen) atoms. The van der Waals surface area contributed by atoms with Crippen LogP contribution in [0.15, 0.2) is 22.6 Å². The van der Waals surface area contributed by atoms with E-state index in [4.69, 9.17) is 18.9 Å². The Morgan fingerprint density at radius 2 is 1.96 bits per heavy atom. The minimum Gasteiger partial charge on any atom is -0.496 e. The van der Waals surface area contributed by atoms with Crippen molar-refractivity contribution in [2.45, 2.75) is 27.3 Å². The summed E-state index contributed by atoms with van der Waals surface area (Å²) in [6.07, 6.45) is -0.230. The number of piperazine rings is 1. The van der Waals surface area contributed by atoms with Gasteiger partial charge in [0.1, 0.15) is 11.5 Å². The molecule has 1 aromatic heterocycles. The topological polar surface area (TPSA) is 68.0 Å². The van der Waals surface area contributed by atoms with Crippen LogP contribution in [0.25, 0.3) is 11.5 Å². The quantitative estimate of drug-likeness (QED) is 0.801. The normalized spacial score (nSPS) is 15.0. The first-order chi connectivity index (χ1) is 13.0. The summed E-state index contributed by atoms with van der Waals surface area (Å²) in [5.41, 5.74) is 2.92. The maximum atomic E-state index is 11.8. The molecule has 0 spiro atoms. The number of carbonyl (C=O) groups is 1. The van der Waals surface area contributed by atoms with Gasteiger partial charge >= 0.3 is 6.09 Å². The Bertz CT molecular complexity index is 795. The first-order valence-corrected chi connectivity index (χ1v) is 9.27. The molecular formula is C20H27N3O4. The summed E-state index contributed by atoms with van der Waals surface area (Å²) in [5.74, 6) is 2.30. The molecular weight excluding hydrogens is 346 g/mol. The van der Waals surface area contributed by atoms with E-state index in [1.54, 1.807) is 12.0 Å². The van der Waals surface area contributed by atoms with Crippen LogP contribution in [0.2, 0.25) is 0 Å². The third kappa shape index (κ3) is 4.42. The van der Waals surface area contributed by atoms with Crippen LogP contribution in [0, 0.1) is 13.8 Å². The van der Waals surface area contributed by atoms with Crippen molar-refractivity contribution in [2.24, 2.45) is 0 Å². The van der Waals surface area contributed by atoms with Crippen molar-refractivity contribution in [3.8, 4) is 17.2 Å². The fourth-order valence-electron chi connectivity index (χ4n) is 3.22. The van der Waals surface area contributed by atoms with Crippen LogP contribution in [0.5, 0.6) is 5.75 Å². The molecule has 1 fully saturated rings. The fourth-order valence-corrected chi connectivity index (χ4v) is 3.22. The number of hydrogen-bond acceptors (Lipinski definition) is 6. The van der Waals surface area contributed by atoms with Gasteiger partial charge in [-0.25, -0.2) is 9.78 Å². The summed E-state index contributed by atoms with van der Waals surface area (Å²) in [4.78, 5) is 20.5. The second-order valence-corrected chi connectivity index (χ2v) is 6.67. The average Bonchev–Trinajstić information content (AvgIpc) is 3.03. The lowest BCUT2D eigenvalue weighted by Crippen LogP contribution is -2.48. The molecule has 3 rings (SSSR count). The van der Waals surface area contributed by atoms with Crippen molar-refractivity contribution in [1.82, 2.24) is 14.8 Å². The van der Waals surface area contributed by atoms with E-state index in [0.717, 1.165) is 41.4 Å². The molecule has 7 heteroatoms. The first kappa shape index (κ1) is 19.2. The number of hydrogen-bond donors (Lipinski definition) is 0. The highest BCUT2D eigenvalue weighted by molar-refractivity contribution is 5.67. The molecule has 1 aromatic carbocycles. The largest absolute Gasteiger partial charge is 0.496 e. The number of methoxy groups -OCH3 is 1. The van der Waals surface area contributed by atoms with Gasteiger partial charge in [-0.3, -0.25) is 4.90 Å². The van der Waals surface area contributed by atoms with E-state index in [0.29, 0.717) is 32.1 Å². The van der Waals surface area contributed by atoms with Crippen molar-refractivity contribution in [2.75, 3.05) is 39.9 Å². The minimum absolute atomic E-state index is 0.230. The van der Waals surface area contributed by atoms with E-state index in [2.05, 4.69) is 4.90 Å². The van der Waals surface area contributed by atoms with Crippen LogP contribution in [0.4, 0.5) is 4.79 Å². The summed E-state index contributed by atoms with van der Waals surface area (Å²) in [6.45, 7) is 9.80. The second-order valence-electron chi connectivity index (χ2n) is 6.67. The van der Waals surface area contributed by atoms with Crippen molar-refractivity contribution >= 4 is 6.09 Å². The van der Waals surface area contributed by atoms with Crippen LogP contribution in [-0.2, 0) is 11.3 Å². The number of carbonyl (C=O) groups excluding carboxylic acids is 1. The number of amides is 1. The molecule has 7 nitrogen and oxygen atoms in total. The van der Waals surface area contributed by atoms with E-state index in [1.165, 1.54) is 0 Å². The summed E-state index contributed by atoms with van der Waals surface area (Å²) in [6, 6.07) is 5.91. The predicted molar refractivity (Wildman–Crippen MR) is 102 cm³/mol. The van der Waals surface area contributed by atoms with Crippen molar-refractivity contribution < 1.29 is 18.7 Å². The number of rotatable bonds is 5. The molecule has 0 aliphatic carbocycles. The van der Waals surface area contributed by atoms with Gasteiger partial charge in [-0.15, -0.1) is 0 Å². The SMILES string of the molecule is CCOC(=O)N1CCN(Cc2nc(-c3ccc(OC)c(C)c3)oc2C)CC1. The van der Waals surface area contributed by atoms with E-state index >= 15 is 0 Å². The zero-order chi connectivity index (χ0) is 19.4. The molecule has 1 aliphatic heterocycles. The van der Waals surface area contributed by atoms with E-state index in [9.17, 15) is 4.79 Å². The zero-order valence-corrected chi connectivity index (χ0v) is 16.4. The summed E-state index contributed by atoms with van der Waals surface area (Å²) < 4.78 is 16.3. The molecule has 2 heterocycles. The van der Waals surface area contributed by atoms with Gasteiger partial charge in [-0.05, 0) is 44.5 Å². The number of benzene rings is 1. The monoisotopic (exact) mass is 373 g/mol. The number of ether oxygens (including phenoxy) is 2. The number of oxazole rings is 1. The maximum absolute atomic E-state index is 11.8. The van der Waals surface area contributed by atoms with Gasteiger partial charge in [0.2, 0.25) is 5.89 Å². The maximum Gasteiger partial charge on any atom is 0.409 e. The van der Waals surface area contributed by atoms with Crippen molar-refractivity contribution in [3.63, 3.8) is 0 Å². The Morgan fingerprint density at radius 1 is 1.22 bits per heavy atom. The average molecular weight is 373 g/mol. The van der Waals surface area contributed by atoms with Gasteiger partial charge in [0.05, 0.1) is 19.4 Å². The predicted octanol–water partition coefficient (Wildman–Crippen LogP) is 3.24. The van der Waals surface area contributed by atoms with Crippen molar-refractivity contribution in [3.05, 3.63) is 35.2 Å². The molecule has 146 valence electrons. The molecule has 1 saturated heterocycles. The van der Waals surface area contributed by atoms with Crippen LogP contribution in [0.3, 0.4) is 0 Å². The van der Waals surface area contributed by atoms with E-state index in [1.807, 2.05) is 39.0 Å². The highest BCUT2D eigenvalue weighted by Gasteiger charge is 2.23. The Hall–Kier alpha value is -2.54. The highest BCUT2D eigenvalue weighted by atomic mass is 16.6. The molecule has 0 atom stereocenters. The number of nitrogens with zero attached hydrogens (tertiary/aromatic N) is 3. The van der Waals surface area contributed by atoms with Crippen LogP contribution >= 0.6 is 0 Å². The van der Waals surface area contributed by atoms with Crippen LogP contribution < -0.4 is 4.74 Å². The summed E-state index contributed by atoms with van der Waals surface area (Å²) in [7, 11) is 1.66. The number of aromatic nitrogens is 1. The molecule has 1 amide bonds. The van der Waals surface area contributed by atoms with E-state index < -0.39 is 0 Å². The van der Waals surface area contributed by atoms with Gasteiger partial charge in [-0.2, -0.15) is 0 Å². The lowest BCUT2D eigenvalue weighted by molar-refractivity contribution is 0.0774. The van der Waals surface area contributed by atoms with Crippen molar-refractivity contribution in [1.29, 1.82) is 0 Å². The van der Waals surface area contributed by atoms with E-state index in [-0.39, 0.29) is 6.09 Å². The van der Waals surface area contributed by atoms with Crippen LogP contribution in [-0.4, -0.2) is 60.8 Å². The van der Waals surface area contributed by atoms with Crippen LogP contribution in [0.1, 0.15) is 23.9 Å². The highest BCUT2D eigenvalue weighted by Crippen LogP contribution is 2.27. The molecule has 1 aliphatic rings. The third-order valence-corrected chi connectivity index (χ3v) is 4.81. The lowest BCUT2D eigenvalue weighted by Gasteiger charge is -2.33. The zero-order valence-electron chi connectivity index (χ0n) is 16.4. The lowest BCUT2D eigenvalue weighted by atomic mass is 10.1. The molecule has 0 bridgehead atoms. The molecule has 0 unspecified atom stereocenters. The number of aryl methyl sites for hydroxylation is 2. The molecule has 2 aromatic rings. The Kier molecular flexibility index (Phi) is 6.01. The molecule has 0 saturated carbocycles. The van der Waals surface area contributed by atoms with Gasteiger partial charge in [-0.1, -0.05) is 0 Å². The minimum atomic E-state index is -0.230. The summed E-state index contributed by atoms with van der Waals surface area (Å²) in [5, 5.41) is 0. The Morgan fingerprint density at radius 3 is 2.59 bits per heavy atom.